The van der Waals surface area contributed by atoms with Gasteiger partial charge in [-0.25, -0.2) is 0 Å². The monoisotopic (exact) mass is 267 g/mol. The molecule has 94 valence electrons. The molecule has 0 bridgehead atoms. The maximum Gasteiger partial charge on any atom is 0.285 e. The van der Waals surface area contributed by atoms with Crippen LogP contribution in [0.5, 0.6) is 0 Å². The van der Waals surface area contributed by atoms with Gasteiger partial charge >= 0.3 is 0 Å². The molecule has 1 N–H and O–H groups in total. The van der Waals surface area contributed by atoms with Gasteiger partial charge in [-0.05, 0) is 17.2 Å². The molecule has 4 heteroatoms. The van der Waals surface area contributed by atoms with Crippen LogP contribution in [0.1, 0.15) is 5.69 Å². The van der Waals surface area contributed by atoms with E-state index in [1.54, 1.807) is 4.57 Å². The summed E-state index contributed by atoms with van der Waals surface area (Å²) < 4.78 is 1.78. The summed E-state index contributed by atoms with van der Waals surface area (Å²) in [5.41, 5.74) is 2.24. The third-order valence-corrected chi connectivity index (χ3v) is 2.95. The van der Waals surface area contributed by atoms with Gasteiger partial charge in [0.1, 0.15) is 0 Å². The quantitative estimate of drug-likeness (QED) is 0.528. The molecule has 0 amide bonds. The van der Waals surface area contributed by atoms with Crippen LogP contribution >= 0.6 is 0 Å². The van der Waals surface area contributed by atoms with Crippen LogP contribution in [0.25, 0.3) is 5.70 Å². The summed E-state index contributed by atoms with van der Waals surface area (Å²) in [5, 5.41) is 12.8. The highest BCUT2D eigenvalue weighted by molar-refractivity contribution is 7.63. The number of nitrogens with one attached hydrogen (secondary N) is 1. The molecule has 2 aromatic rings. The molecule has 0 aliphatic carbocycles. The molecule has 1 heterocycles. The Morgan fingerprint density at radius 1 is 1.16 bits per heavy atom. The molecule has 0 fully saturated rings. The standard InChI is InChI=1S/C15H13N3S/c1-12-7-5-6-10-18(12)14(11-16)15(19)17-13-8-3-2-4-9-13/h2-10,17H,1H3. The zero-order valence-electron chi connectivity index (χ0n) is 10.5. The summed E-state index contributed by atoms with van der Waals surface area (Å²) in [4.78, 5) is 0. The molecule has 2 rings (SSSR count). The topological polar surface area (TPSA) is 39.7 Å². The minimum Gasteiger partial charge on any atom is -0.755 e. The van der Waals surface area contributed by atoms with E-state index in [1.807, 2.05) is 61.7 Å². The Morgan fingerprint density at radius 2 is 1.84 bits per heavy atom. The van der Waals surface area contributed by atoms with Crippen LogP contribution in [-0.4, -0.2) is 0 Å². The molecule has 0 radical (unpaired) electrons. The first kappa shape index (κ1) is 13.1. The van der Waals surface area contributed by atoms with Gasteiger partial charge in [0.25, 0.3) is 5.70 Å². The lowest BCUT2D eigenvalue weighted by Gasteiger charge is -2.15. The number of anilines is 1. The van der Waals surface area contributed by atoms with Gasteiger partial charge in [-0.15, -0.1) is 0 Å². The molecule has 1 aromatic carbocycles. The van der Waals surface area contributed by atoms with Crippen molar-refractivity contribution in [3.63, 3.8) is 0 Å². The SMILES string of the molecule is Cc1cccc[n+]1C(C#N)=C([S-])Nc1ccccc1. The highest BCUT2D eigenvalue weighted by Crippen LogP contribution is 2.11. The number of aromatic nitrogens is 1. The number of nitrogens with zero attached hydrogens (tertiary/aromatic N) is 2. The van der Waals surface area contributed by atoms with Crippen LogP contribution in [0.4, 0.5) is 5.69 Å². The maximum atomic E-state index is 9.32. The normalized spacial score (nSPS) is 11.4. The fraction of sp³-hybridized carbons (Fsp3) is 0.0667. The van der Waals surface area contributed by atoms with Crippen LogP contribution in [0.2, 0.25) is 0 Å². The largest absolute Gasteiger partial charge is 0.755 e. The molecule has 19 heavy (non-hydrogen) atoms. The summed E-state index contributed by atoms with van der Waals surface area (Å²) in [6, 6.07) is 17.5. The molecule has 0 aliphatic rings. The van der Waals surface area contributed by atoms with E-state index < -0.39 is 0 Å². The van der Waals surface area contributed by atoms with Crippen molar-refractivity contribution in [1.29, 1.82) is 5.26 Å². The molecule has 1 aromatic heterocycles. The van der Waals surface area contributed by atoms with E-state index >= 15 is 0 Å². The minimum atomic E-state index is 0.410. The van der Waals surface area contributed by atoms with Crippen LogP contribution < -0.4 is 9.88 Å². The molecule has 3 nitrogen and oxygen atoms in total. The van der Waals surface area contributed by atoms with Crippen molar-refractivity contribution in [1.82, 2.24) is 0 Å². The Morgan fingerprint density at radius 3 is 2.47 bits per heavy atom. The summed E-state index contributed by atoms with van der Waals surface area (Å²) in [7, 11) is 0. The predicted octanol–water partition coefficient (Wildman–Crippen LogP) is 2.59. The van der Waals surface area contributed by atoms with E-state index in [0.29, 0.717) is 10.7 Å². The van der Waals surface area contributed by atoms with Crippen molar-refractivity contribution in [2.24, 2.45) is 0 Å². The fourth-order valence-corrected chi connectivity index (χ4v) is 1.97. The predicted molar refractivity (Wildman–Crippen MR) is 77.6 cm³/mol. The second kappa shape index (κ2) is 5.98. The molecular weight excluding hydrogens is 254 g/mol. The minimum absolute atomic E-state index is 0.410. The molecule has 0 atom stereocenters. The fourth-order valence-electron chi connectivity index (χ4n) is 1.71. The lowest BCUT2D eigenvalue weighted by molar-refractivity contribution is -0.585. The summed E-state index contributed by atoms with van der Waals surface area (Å²) in [6.45, 7) is 1.93. The summed E-state index contributed by atoms with van der Waals surface area (Å²) in [5.74, 6) is 0. The van der Waals surface area contributed by atoms with Gasteiger partial charge in [-0.3, -0.25) is 0 Å². The number of pyridine rings is 1. The molecule has 0 saturated carbocycles. The van der Waals surface area contributed by atoms with Crippen LogP contribution in [0.15, 0.2) is 59.8 Å². The third-order valence-electron chi connectivity index (χ3n) is 2.66. The molecular formula is C15H13N3S. The van der Waals surface area contributed by atoms with E-state index in [1.165, 1.54) is 0 Å². The zero-order valence-corrected chi connectivity index (χ0v) is 11.3. The second-order valence-corrected chi connectivity index (χ2v) is 4.40. The molecule has 0 saturated heterocycles. The summed E-state index contributed by atoms with van der Waals surface area (Å²) >= 11 is 5.31. The van der Waals surface area contributed by atoms with Gasteiger partial charge in [0.05, 0.1) is 0 Å². The highest BCUT2D eigenvalue weighted by atomic mass is 32.1. The first-order valence-corrected chi connectivity index (χ1v) is 6.24. The lowest BCUT2D eigenvalue weighted by Crippen LogP contribution is -2.36. The first-order valence-electron chi connectivity index (χ1n) is 5.83. The van der Waals surface area contributed by atoms with Gasteiger partial charge in [0, 0.05) is 24.7 Å². The Hall–Kier alpha value is -2.38. The average molecular weight is 267 g/mol. The van der Waals surface area contributed by atoms with E-state index in [-0.39, 0.29) is 0 Å². The number of para-hydroxylation sites is 1. The Balaban J connectivity index is 2.38. The molecule has 0 spiro atoms. The number of hydrogen-bond donors (Lipinski definition) is 1. The van der Waals surface area contributed by atoms with Gasteiger partial charge in [0.15, 0.2) is 18.0 Å². The van der Waals surface area contributed by atoms with Crippen molar-refractivity contribution in [2.75, 3.05) is 5.32 Å². The average Bonchev–Trinajstić information content (AvgIpc) is 2.43. The van der Waals surface area contributed by atoms with Crippen molar-refractivity contribution < 1.29 is 4.57 Å². The van der Waals surface area contributed by atoms with E-state index in [9.17, 15) is 5.26 Å². The van der Waals surface area contributed by atoms with Crippen molar-refractivity contribution >= 4 is 24.0 Å². The zero-order chi connectivity index (χ0) is 13.7. The third kappa shape index (κ3) is 3.09. The Kier molecular flexibility index (Phi) is 4.11. The highest BCUT2D eigenvalue weighted by Gasteiger charge is 2.12. The van der Waals surface area contributed by atoms with E-state index in [4.69, 9.17) is 12.6 Å². The number of hydrogen-bond acceptors (Lipinski definition) is 3. The number of allylic oxidation sites excluding steroid dienone is 1. The second-order valence-electron chi connectivity index (χ2n) is 3.99. The van der Waals surface area contributed by atoms with Crippen molar-refractivity contribution in [2.45, 2.75) is 6.92 Å². The van der Waals surface area contributed by atoms with E-state index in [0.717, 1.165) is 11.4 Å². The molecule has 0 unspecified atom stereocenters. The smallest absolute Gasteiger partial charge is 0.285 e. The van der Waals surface area contributed by atoms with Gasteiger partial charge < -0.3 is 17.9 Å². The number of nitriles is 1. The first-order chi connectivity index (χ1) is 9.22. The van der Waals surface area contributed by atoms with Crippen LogP contribution in [0, 0.1) is 18.3 Å². The maximum absolute atomic E-state index is 9.32. The number of benzene rings is 1. The number of aryl methyl sites for hydroxylation is 1. The van der Waals surface area contributed by atoms with Crippen molar-refractivity contribution in [3.8, 4) is 6.07 Å². The summed E-state index contributed by atoms with van der Waals surface area (Å²) in [6.07, 6.45) is 1.83. The number of rotatable bonds is 3. The van der Waals surface area contributed by atoms with Gasteiger partial charge in [-0.2, -0.15) is 9.83 Å². The Bertz CT molecular complexity index is 642. The van der Waals surface area contributed by atoms with Gasteiger partial charge in [0.2, 0.25) is 0 Å². The van der Waals surface area contributed by atoms with Crippen molar-refractivity contribution in [3.05, 3.63) is 65.5 Å². The molecule has 0 aliphatic heterocycles. The Labute approximate surface area is 118 Å². The van der Waals surface area contributed by atoms with Crippen LogP contribution in [0.3, 0.4) is 0 Å². The van der Waals surface area contributed by atoms with Crippen LogP contribution in [-0.2, 0) is 12.6 Å². The van der Waals surface area contributed by atoms with Gasteiger partial charge in [-0.1, -0.05) is 24.3 Å². The van der Waals surface area contributed by atoms with E-state index in [2.05, 4.69) is 11.4 Å². The lowest BCUT2D eigenvalue weighted by atomic mass is 10.3.